The van der Waals surface area contributed by atoms with E-state index < -0.39 is 0 Å². The lowest BCUT2D eigenvalue weighted by Crippen LogP contribution is -2.04. The van der Waals surface area contributed by atoms with Crippen molar-refractivity contribution in [3.8, 4) is 0 Å². The van der Waals surface area contributed by atoms with E-state index in [-0.39, 0.29) is 0 Å². The third kappa shape index (κ3) is 2.34. The van der Waals surface area contributed by atoms with Gasteiger partial charge in [0.15, 0.2) is 0 Å². The van der Waals surface area contributed by atoms with E-state index in [9.17, 15) is 0 Å². The molecule has 1 saturated carbocycles. The summed E-state index contributed by atoms with van der Waals surface area (Å²) in [5.74, 6) is 1.47. The van der Waals surface area contributed by atoms with Crippen LogP contribution in [-0.4, -0.2) is 9.97 Å². The number of halogens is 2. The van der Waals surface area contributed by atoms with Gasteiger partial charge in [0.05, 0.1) is 10.2 Å². The van der Waals surface area contributed by atoms with Crippen LogP contribution in [0.1, 0.15) is 50.0 Å². The Kier molecular flexibility index (Phi) is 3.62. The topological polar surface area (TPSA) is 25.8 Å². The molecule has 1 heterocycles. The van der Waals surface area contributed by atoms with Crippen molar-refractivity contribution in [1.29, 1.82) is 0 Å². The third-order valence-electron chi connectivity index (χ3n) is 2.95. The molecule has 4 heteroatoms. The van der Waals surface area contributed by atoms with Crippen molar-refractivity contribution in [3.63, 3.8) is 0 Å². The molecule has 82 valence electrons. The van der Waals surface area contributed by atoms with Crippen LogP contribution in [0.15, 0.2) is 4.47 Å². The Morgan fingerprint density at radius 1 is 1.33 bits per heavy atom. The van der Waals surface area contributed by atoms with Crippen LogP contribution in [0.5, 0.6) is 0 Å². The molecule has 2 rings (SSSR count). The molecule has 0 aromatic carbocycles. The second kappa shape index (κ2) is 4.79. The van der Waals surface area contributed by atoms with E-state index in [1.807, 2.05) is 0 Å². The first kappa shape index (κ1) is 11.3. The van der Waals surface area contributed by atoms with Gasteiger partial charge in [0.25, 0.3) is 0 Å². The minimum Gasteiger partial charge on any atom is -0.236 e. The molecule has 2 nitrogen and oxygen atoms in total. The number of nitrogens with zero attached hydrogens (tertiary/aromatic N) is 2. The van der Waals surface area contributed by atoms with Crippen LogP contribution >= 0.6 is 27.5 Å². The van der Waals surface area contributed by atoms with E-state index in [4.69, 9.17) is 11.6 Å². The average Bonchev–Trinajstić information content (AvgIpc) is 2.75. The van der Waals surface area contributed by atoms with Gasteiger partial charge < -0.3 is 0 Å². The van der Waals surface area contributed by atoms with Crippen molar-refractivity contribution >= 4 is 27.5 Å². The van der Waals surface area contributed by atoms with E-state index in [0.717, 1.165) is 22.4 Å². The van der Waals surface area contributed by atoms with Crippen LogP contribution in [0.2, 0.25) is 5.15 Å². The van der Waals surface area contributed by atoms with Gasteiger partial charge in [0.2, 0.25) is 0 Å². The van der Waals surface area contributed by atoms with Gasteiger partial charge in [-0.15, -0.1) is 0 Å². The van der Waals surface area contributed by atoms with Crippen molar-refractivity contribution in [2.45, 2.75) is 44.9 Å². The zero-order chi connectivity index (χ0) is 10.8. The molecule has 0 aliphatic heterocycles. The molecule has 0 unspecified atom stereocenters. The minimum absolute atomic E-state index is 0.529. The molecule has 0 radical (unpaired) electrons. The number of hydrogen-bond donors (Lipinski definition) is 0. The first-order valence-electron chi connectivity index (χ1n) is 5.44. The maximum absolute atomic E-state index is 6.08. The largest absolute Gasteiger partial charge is 0.236 e. The molecule has 1 aromatic heterocycles. The van der Waals surface area contributed by atoms with E-state index in [1.54, 1.807) is 0 Å². The van der Waals surface area contributed by atoms with Gasteiger partial charge >= 0.3 is 0 Å². The Bertz CT molecular complexity index is 362. The van der Waals surface area contributed by atoms with E-state index in [0.29, 0.717) is 11.1 Å². The highest BCUT2D eigenvalue weighted by Crippen LogP contribution is 2.34. The second-order valence-electron chi connectivity index (χ2n) is 3.97. The van der Waals surface area contributed by atoms with Gasteiger partial charge in [-0.1, -0.05) is 31.4 Å². The normalized spacial score (nSPS) is 17.3. The molecule has 15 heavy (non-hydrogen) atoms. The molecule has 1 aliphatic rings. The predicted molar refractivity (Wildman–Crippen MR) is 65.3 cm³/mol. The van der Waals surface area contributed by atoms with Gasteiger partial charge in [-0.05, 0) is 35.2 Å². The predicted octanol–water partition coefficient (Wildman–Crippen LogP) is 4.11. The molecule has 0 atom stereocenters. The Morgan fingerprint density at radius 2 is 2.00 bits per heavy atom. The average molecular weight is 290 g/mol. The quantitative estimate of drug-likeness (QED) is 0.766. The second-order valence-corrected chi connectivity index (χ2v) is 5.12. The molecule has 0 N–H and O–H groups in total. The van der Waals surface area contributed by atoms with Gasteiger partial charge in [-0.3, -0.25) is 0 Å². The van der Waals surface area contributed by atoms with Crippen LogP contribution < -0.4 is 0 Å². The van der Waals surface area contributed by atoms with E-state index >= 15 is 0 Å². The summed E-state index contributed by atoms with van der Waals surface area (Å²) in [6, 6.07) is 0. The summed E-state index contributed by atoms with van der Waals surface area (Å²) in [5.41, 5.74) is 1.02. The molecule has 0 saturated heterocycles. The number of rotatable bonds is 2. The SMILES string of the molecule is CCc1nc(C2CCCC2)nc(Cl)c1Br. The van der Waals surface area contributed by atoms with E-state index in [1.165, 1.54) is 25.7 Å². The van der Waals surface area contributed by atoms with Crippen LogP contribution in [0.4, 0.5) is 0 Å². The van der Waals surface area contributed by atoms with Gasteiger partial charge in [-0.25, -0.2) is 9.97 Å². The van der Waals surface area contributed by atoms with Gasteiger partial charge in [0, 0.05) is 5.92 Å². The summed E-state index contributed by atoms with van der Waals surface area (Å²) < 4.78 is 0.855. The maximum Gasteiger partial charge on any atom is 0.147 e. The lowest BCUT2D eigenvalue weighted by atomic mass is 10.1. The van der Waals surface area contributed by atoms with Crippen molar-refractivity contribution in [2.24, 2.45) is 0 Å². The standard InChI is InChI=1S/C11H14BrClN2/c1-2-8-9(12)10(13)15-11(14-8)7-5-3-4-6-7/h7H,2-6H2,1H3. The van der Waals surface area contributed by atoms with E-state index in [2.05, 4.69) is 32.8 Å². The highest BCUT2D eigenvalue weighted by molar-refractivity contribution is 9.10. The lowest BCUT2D eigenvalue weighted by Gasteiger charge is -2.10. The molecule has 0 bridgehead atoms. The lowest BCUT2D eigenvalue weighted by molar-refractivity contribution is 0.659. The highest BCUT2D eigenvalue weighted by Gasteiger charge is 2.21. The molecule has 0 spiro atoms. The highest BCUT2D eigenvalue weighted by atomic mass is 79.9. The Labute approximate surface area is 104 Å². The zero-order valence-electron chi connectivity index (χ0n) is 8.76. The third-order valence-corrected chi connectivity index (χ3v) is 4.29. The molecule has 0 amide bonds. The van der Waals surface area contributed by atoms with Gasteiger partial charge in [0.1, 0.15) is 11.0 Å². The number of aromatic nitrogens is 2. The summed E-state index contributed by atoms with van der Waals surface area (Å²) in [6.45, 7) is 2.09. The first-order valence-corrected chi connectivity index (χ1v) is 6.61. The molecular weight excluding hydrogens is 275 g/mol. The Morgan fingerprint density at radius 3 is 2.60 bits per heavy atom. The zero-order valence-corrected chi connectivity index (χ0v) is 11.1. The Balaban J connectivity index is 2.35. The maximum atomic E-state index is 6.08. The smallest absolute Gasteiger partial charge is 0.147 e. The first-order chi connectivity index (χ1) is 7.22. The summed E-state index contributed by atoms with van der Waals surface area (Å²) >= 11 is 9.50. The van der Waals surface area contributed by atoms with Crippen molar-refractivity contribution in [2.75, 3.05) is 0 Å². The fourth-order valence-corrected chi connectivity index (χ4v) is 2.74. The number of hydrogen-bond acceptors (Lipinski definition) is 2. The summed E-state index contributed by atoms with van der Waals surface area (Å²) in [5, 5.41) is 0.559. The minimum atomic E-state index is 0.529. The van der Waals surface area contributed by atoms with Crippen LogP contribution in [0.25, 0.3) is 0 Å². The molecule has 1 fully saturated rings. The van der Waals surface area contributed by atoms with Crippen molar-refractivity contribution < 1.29 is 0 Å². The fourth-order valence-electron chi connectivity index (χ4n) is 2.08. The fraction of sp³-hybridized carbons (Fsp3) is 0.636. The summed E-state index contributed by atoms with van der Waals surface area (Å²) in [4.78, 5) is 8.96. The van der Waals surface area contributed by atoms with Crippen LogP contribution in [0, 0.1) is 0 Å². The monoisotopic (exact) mass is 288 g/mol. The van der Waals surface area contributed by atoms with Crippen molar-refractivity contribution in [1.82, 2.24) is 9.97 Å². The van der Waals surface area contributed by atoms with Crippen molar-refractivity contribution in [3.05, 3.63) is 21.1 Å². The number of aryl methyl sites for hydroxylation is 1. The summed E-state index contributed by atoms with van der Waals surface area (Å²) in [6.07, 6.45) is 5.90. The molecule has 1 aliphatic carbocycles. The van der Waals surface area contributed by atoms with Crippen LogP contribution in [-0.2, 0) is 6.42 Å². The van der Waals surface area contributed by atoms with Gasteiger partial charge in [-0.2, -0.15) is 0 Å². The molecule has 1 aromatic rings. The Hall–Kier alpha value is -0.150. The summed E-state index contributed by atoms with van der Waals surface area (Å²) in [7, 11) is 0. The molecular formula is C11H14BrClN2. The van der Waals surface area contributed by atoms with Crippen LogP contribution in [0.3, 0.4) is 0 Å².